The molecule has 0 aromatic heterocycles. The van der Waals surface area contributed by atoms with Crippen LogP contribution in [-0.2, 0) is 9.53 Å². The van der Waals surface area contributed by atoms with Crippen molar-refractivity contribution in [3.8, 4) is 0 Å². The number of ether oxygens (including phenoxy) is 1. The Morgan fingerprint density at radius 3 is 2.10 bits per heavy atom. The van der Waals surface area contributed by atoms with E-state index in [0.717, 1.165) is 24.2 Å². The second-order valence-corrected chi connectivity index (χ2v) is 8.18. The summed E-state index contributed by atoms with van der Waals surface area (Å²) in [6, 6.07) is 0. The first-order chi connectivity index (χ1) is 9.50. The van der Waals surface area contributed by atoms with Crippen LogP contribution < -0.4 is 0 Å². The topological polar surface area (TPSA) is 26.3 Å². The molecule has 0 aromatic rings. The van der Waals surface area contributed by atoms with Gasteiger partial charge in [-0.3, -0.25) is 4.79 Å². The zero-order chi connectivity index (χ0) is 14.4. The number of thiol groups is 1. The van der Waals surface area contributed by atoms with Crippen LogP contribution >= 0.6 is 12.6 Å². The predicted octanol–water partition coefficient (Wildman–Crippen LogP) is 4.23. The maximum atomic E-state index is 12.0. The molecule has 0 radical (unpaired) electrons. The van der Waals surface area contributed by atoms with Gasteiger partial charge in [0.2, 0.25) is 0 Å². The summed E-state index contributed by atoms with van der Waals surface area (Å²) in [5, 5.41) is 0. The average Bonchev–Trinajstić information content (AvgIpc) is 2.37. The molecule has 1 atom stereocenters. The smallest absolute Gasteiger partial charge is 0.307 e. The lowest BCUT2D eigenvalue weighted by atomic mass is 9.45. The monoisotopic (exact) mass is 296 g/mol. The van der Waals surface area contributed by atoms with E-state index in [1.165, 1.54) is 38.5 Å². The fourth-order valence-corrected chi connectivity index (χ4v) is 5.89. The van der Waals surface area contributed by atoms with Crippen molar-refractivity contribution in [2.75, 3.05) is 5.75 Å². The van der Waals surface area contributed by atoms with Gasteiger partial charge in [-0.25, -0.2) is 0 Å². The molecule has 4 fully saturated rings. The molecule has 4 rings (SSSR count). The summed E-state index contributed by atoms with van der Waals surface area (Å²) >= 11 is 4.16. The van der Waals surface area contributed by atoms with E-state index in [4.69, 9.17) is 4.74 Å². The molecule has 4 bridgehead atoms. The molecule has 3 heteroatoms. The van der Waals surface area contributed by atoms with Crippen molar-refractivity contribution < 1.29 is 9.53 Å². The molecule has 114 valence electrons. The zero-order valence-electron chi connectivity index (χ0n) is 12.9. The van der Waals surface area contributed by atoms with E-state index in [-0.39, 0.29) is 17.0 Å². The maximum Gasteiger partial charge on any atom is 0.307 e. The highest BCUT2D eigenvalue weighted by atomic mass is 32.1. The first kappa shape index (κ1) is 14.7. The van der Waals surface area contributed by atoms with Crippen molar-refractivity contribution in [1.29, 1.82) is 0 Å². The summed E-state index contributed by atoms with van der Waals surface area (Å²) in [4.78, 5) is 12.0. The lowest BCUT2D eigenvalue weighted by Crippen LogP contribution is -2.58. The van der Waals surface area contributed by atoms with Crippen LogP contribution in [0.2, 0.25) is 0 Å². The largest absolute Gasteiger partial charge is 0.459 e. The minimum absolute atomic E-state index is 0.0555. The van der Waals surface area contributed by atoms with Crippen molar-refractivity contribution in [2.24, 2.45) is 23.2 Å². The Bertz CT molecular complexity index is 357. The number of carbonyl (C=O) groups excluding carboxylic acids is 1. The van der Waals surface area contributed by atoms with E-state index in [1.807, 2.05) is 0 Å². The molecule has 4 aliphatic carbocycles. The van der Waals surface area contributed by atoms with Gasteiger partial charge in [0, 0.05) is 11.2 Å². The maximum absolute atomic E-state index is 12.0. The van der Waals surface area contributed by atoms with E-state index in [2.05, 4.69) is 26.5 Å². The first-order valence-electron chi connectivity index (χ1n) is 8.33. The molecule has 0 spiro atoms. The van der Waals surface area contributed by atoms with Gasteiger partial charge in [-0.2, -0.15) is 12.6 Å². The Balaban J connectivity index is 1.82. The highest BCUT2D eigenvalue weighted by Crippen LogP contribution is 2.65. The van der Waals surface area contributed by atoms with E-state index >= 15 is 0 Å². The van der Waals surface area contributed by atoms with Crippen molar-refractivity contribution in [3.63, 3.8) is 0 Å². The van der Waals surface area contributed by atoms with E-state index < -0.39 is 0 Å². The van der Waals surface area contributed by atoms with Gasteiger partial charge in [0.25, 0.3) is 0 Å². The van der Waals surface area contributed by atoms with Crippen LogP contribution in [0.4, 0.5) is 0 Å². The Hall–Kier alpha value is -0.180. The molecule has 0 N–H and O–H groups in total. The normalized spacial score (nSPS) is 41.5. The Kier molecular flexibility index (Phi) is 3.85. The number of carbonyl (C=O) groups is 1. The van der Waals surface area contributed by atoms with Gasteiger partial charge in [0.15, 0.2) is 0 Å². The third-order valence-corrected chi connectivity index (χ3v) is 6.71. The second kappa shape index (κ2) is 5.23. The Morgan fingerprint density at radius 1 is 1.20 bits per heavy atom. The van der Waals surface area contributed by atoms with Crippen LogP contribution in [-0.4, -0.2) is 17.3 Å². The van der Waals surface area contributed by atoms with Crippen LogP contribution in [0.15, 0.2) is 0 Å². The van der Waals surface area contributed by atoms with Crippen molar-refractivity contribution in [3.05, 3.63) is 0 Å². The van der Waals surface area contributed by atoms with E-state index in [1.54, 1.807) is 0 Å². The third kappa shape index (κ3) is 2.30. The van der Waals surface area contributed by atoms with Gasteiger partial charge in [0.05, 0.1) is 6.42 Å². The van der Waals surface area contributed by atoms with Crippen molar-refractivity contribution in [1.82, 2.24) is 0 Å². The Morgan fingerprint density at radius 2 is 1.70 bits per heavy atom. The van der Waals surface area contributed by atoms with E-state index in [9.17, 15) is 4.79 Å². The molecule has 20 heavy (non-hydrogen) atoms. The van der Waals surface area contributed by atoms with Crippen LogP contribution in [0.1, 0.15) is 65.2 Å². The van der Waals surface area contributed by atoms with E-state index in [0.29, 0.717) is 12.2 Å². The van der Waals surface area contributed by atoms with Gasteiger partial charge in [0.1, 0.15) is 5.60 Å². The minimum atomic E-state index is -0.261. The standard InChI is InChI=1S/C17H28O2S/c1-3-16(2,19-15(18)4-5-20)17-9-12-6-13(10-17)8-14(7-12)11-17/h12-14,20H,3-11H2,1-2H3. The van der Waals surface area contributed by atoms with Crippen LogP contribution in [0.3, 0.4) is 0 Å². The summed E-state index contributed by atoms with van der Waals surface area (Å²) in [7, 11) is 0. The molecule has 1 unspecified atom stereocenters. The fourth-order valence-electron chi connectivity index (χ4n) is 5.71. The average molecular weight is 296 g/mol. The van der Waals surface area contributed by atoms with Gasteiger partial charge >= 0.3 is 5.97 Å². The lowest BCUT2D eigenvalue weighted by molar-refractivity contribution is -0.204. The summed E-state index contributed by atoms with van der Waals surface area (Å²) < 4.78 is 6.02. The molecular formula is C17H28O2S. The van der Waals surface area contributed by atoms with Crippen molar-refractivity contribution in [2.45, 2.75) is 70.8 Å². The summed E-state index contributed by atoms with van der Waals surface area (Å²) in [6.45, 7) is 4.39. The lowest BCUT2D eigenvalue weighted by Gasteiger charge is -2.62. The van der Waals surface area contributed by atoms with Crippen molar-refractivity contribution >= 4 is 18.6 Å². The molecule has 0 aromatic carbocycles. The highest BCUT2D eigenvalue weighted by molar-refractivity contribution is 7.80. The highest BCUT2D eigenvalue weighted by Gasteiger charge is 2.59. The number of rotatable bonds is 5. The van der Waals surface area contributed by atoms with Crippen LogP contribution in [0, 0.1) is 23.2 Å². The third-order valence-electron chi connectivity index (χ3n) is 6.49. The number of esters is 1. The molecule has 4 aliphatic rings. The molecule has 0 amide bonds. The number of hydrogen-bond donors (Lipinski definition) is 1. The first-order valence-corrected chi connectivity index (χ1v) is 8.96. The molecule has 0 saturated heterocycles. The summed E-state index contributed by atoms with van der Waals surface area (Å²) in [6.07, 6.45) is 9.55. The molecule has 2 nitrogen and oxygen atoms in total. The summed E-state index contributed by atoms with van der Waals surface area (Å²) in [5.41, 5.74) is 0.00575. The van der Waals surface area contributed by atoms with Crippen LogP contribution in [0.5, 0.6) is 0 Å². The fraction of sp³-hybridized carbons (Fsp3) is 0.941. The molecule has 0 aliphatic heterocycles. The predicted molar refractivity (Wildman–Crippen MR) is 83.9 cm³/mol. The quantitative estimate of drug-likeness (QED) is 0.607. The Labute approximate surface area is 128 Å². The van der Waals surface area contributed by atoms with Gasteiger partial charge < -0.3 is 4.74 Å². The van der Waals surface area contributed by atoms with Gasteiger partial charge in [-0.1, -0.05) is 6.92 Å². The SMILES string of the molecule is CCC(C)(OC(=O)CCS)C12CC3CC(CC(C3)C1)C2. The molecule has 0 heterocycles. The van der Waals surface area contributed by atoms with Crippen LogP contribution in [0.25, 0.3) is 0 Å². The summed E-state index contributed by atoms with van der Waals surface area (Å²) in [5.74, 6) is 3.22. The van der Waals surface area contributed by atoms with Gasteiger partial charge in [-0.15, -0.1) is 0 Å². The molecular weight excluding hydrogens is 268 g/mol. The molecule has 4 saturated carbocycles. The zero-order valence-corrected chi connectivity index (χ0v) is 13.8. The van der Waals surface area contributed by atoms with Gasteiger partial charge in [-0.05, 0) is 69.6 Å². The second-order valence-electron chi connectivity index (χ2n) is 7.73. The minimum Gasteiger partial charge on any atom is -0.459 e. The number of hydrogen-bond acceptors (Lipinski definition) is 3.